The molecule has 0 N–H and O–H groups in total. The average molecular weight is 270 g/mol. The first-order chi connectivity index (χ1) is 7.84. The molecule has 0 aliphatic carbocycles. The number of piperidine rings is 1. The van der Waals surface area contributed by atoms with E-state index < -0.39 is 0 Å². The van der Waals surface area contributed by atoms with Crippen LogP contribution in [0.25, 0.3) is 10.2 Å². The molecule has 0 spiro atoms. The molecule has 0 radical (unpaired) electrons. The molecule has 1 aliphatic heterocycles. The quantitative estimate of drug-likeness (QED) is 0.794. The van der Waals surface area contributed by atoms with Crippen molar-refractivity contribution >= 4 is 39.8 Å². The van der Waals surface area contributed by atoms with E-state index in [0.29, 0.717) is 0 Å². The minimum atomic E-state index is 0. The summed E-state index contributed by atoms with van der Waals surface area (Å²) in [5.41, 5.74) is 0. The molecule has 2 aromatic heterocycles. The number of aryl methyl sites for hydroxylation is 1. The lowest BCUT2D eigenvalue weighted by Crippen LogP contribution is -2.30. The van der Waals surface area contributed by atoms with E-state index in [1.165, 1.54) is 29.5 Å². The van der Waals surface area contributed by atoms with Gasteiger partial charge in [-0.2, -0.15) is 0 Å². The molecule has 0 atom stereocenters. The van der Waals surface area contributed by atoms with Crippen LogP contribution in [0.1, 0.15) is 24.1 Å². The van der Waals surface area contributed by atoms with Gasteiger partial charge in [0.25, 0.3) is 0 Å². The van der Waals surface area contributed by atoms with Gasteiger partial charge in [-0.05, 0) is 32.3 Å². The molecule has 0 bridgehead atoms. The summed E-state index contributed by atoms with van der Waals surface area (Å²) in [7, 11) is 0. The largest absolute Gasteiger partial charge is 0.356 e. The van der Waals surface area contributed by atoms with E-state index >= 15 is 0 Å². The van der Waals surface area contributed by atoms with Gasteiger partial charge in [-0.3, -0.25) is 0 Å². The van der Waals surface area contributed by atoms with Crippen LogP contribution in [0.15, 0.2) is 12.4 Å². The fourth-order valence-corrected chi connectivity index (χ4v) is 3.16. The minimum Gasteiger partial charge on any atom is -0.356 e. The fourth-order valence-electron chi connectivity index (χ4n) is 2.32. The predicted molar refractivity (Wildman–Crippen MR) is 75.5 cm³/mol. The summed E-state index contributed by atoms with van der Waals surface area (Å²) in [6.07, 6.45) is 5.62. The van der Waals surface area contributed by atoms with Gasteiger partial charge in [0.2, 0.25) is 0 Å². The number of nitrogens with zero attached hydrogens (tertiary/aromatic N) is 3. The van der Waals surface area contributed by atoms with Gasteiger partial charge in [0, 0.05) is 18.0 Å². The molecule has 2 aromatic rings. The maximum atomic E-state index is 4.47. The zero-order chi connectivity index (χ0) is 11.0. The summed E-state index contributed by atoms with van der Waals surface area (Å²) in [6, 6.07) is 2.21. The minimum absolute atomic E-state index is 0. The Bertz CT molecular complexity index is 505. The van der Waals surface area contributed by atoms with Crippen molar-refractivity contribution in [2.75, 3.05) is 18.0 Å². The van der Waals surface area contributed by atoms with Crippen LogP contribution < -0.4 is 4.90 Å². The molecule has 0 aromatic carbocycles. The van der Waals surface area contributed by atoms with Gasteiger partial charge in [0.1, 0.15) is 17.0 Å². The lowest BCUT2D eigenvalue weighted by molar-refractivity contribution is 0.574. The summed E-state index contributed by atoms with van der Waals surface area (Å²) in [5.74, 6) is 1.13. The molecule has 1 fully saturated rings. The molecule has 0 saturated carbocycles. The third kappa shape index (κ3) is 2.38. The number of hydrogen-bond donors (Lipinski definition) is 0. The average Bonchev–Trinajstić information content (AvgIpc) is 2.70. The number of anilines is 1. The van der Waals surface area contributed by atoms with E-state index in [-0.39, 0.29) is 12.4 Å². The van der Waals surface area contributed by atoms with Crippen LogP contribution in [0.4, 0.5) is 5.82 Å². The third-order valence-corrected chi connectivity index (χ3v) is 4.05. The number of rotatable bonds is 1. The highest BCUT2D eigenvalue weighted by atomic mass is 35.5. The second kappa shape index (κ2) is 5.19. The van der Waals surface area contributed by atoms with Crippen LogP contribution in [-0.4, -0.2) is 23.1 Å². The van der Waals surface area contributed by atoms with E-state index in [4.69, 9.17) is 0 Å². The zero-order valence-electron chi connectivity index (χ0n) is 9.85. The number of fused-ring (bicyclic) bond motifs is 1. The van der Waals surface area contributed by atoms with E-state index in [1.54, 1.807) is 17.7 Å². The van der Waals surface area contributed by atoms with Crippen molar-refractivity contribution < 1.29 is 0 Å². The molecule has 92 valence electrons. The highest BCUT2D eigenvalue weighted by Crippen LogP contribution is 2.30. The number of aromatic nitrogens is 2. The Labute approximate surface area is 111 Å². The molecular formula is C12H16ClN3S. The van der Waals surface area contributed by atoms with Gasteiger partial charge < -0.3 is 4.90 Å². The molecule has 5 heteroatoms. The van der Waals surface area contributed by atoms with Crippen LogP contribution in [0, 0.1) is 6.92 Å². The van der Waals surface area contributed by atoms with Gasteiger partial charge in [-0.25, -0.2) is 9.97 Å². The van der Waals surface area contributed by atoms with Gasteiger partial charge in [0.15, 0.2) is 0 Å². The van der Waals surface area contributed by atoms with Crippen LogP contribution in [0.3, 0.4) is 0 Å². The predicted octanol–water partition coefficient (Wildman–Crippen LogP) is 3.41. The van der Waals surface area contributed by atoms with Crippen molar-refractivity contribution in [3.8, 4) is 0 Å². The molecular weight excluding hydrogens is 254 g/mol. The topological polar surface area (TPSA) is 29.0 Å². The van der Waals surface area contributed by atoms with Gasteiger partial charge in [-0.15, -0.1) is 23.7 Å². The summed E-state index contributed by atoms with van der Waals surface area (Å²) in [4.78, 5) is 13.6. The maximum Gasteiger partial charge on any atom is 0.140 e. The standard InChI is InChI=1S/C12H15N3S.ClH/c1-9-7-10-11(13-8-14-12(10)16-9)15-5-3-2-4-6-15;/h7-8H,2-6H2,1H3;1H. The second-order valence-electron chi connectivity index (χ2n) is 4.32. The monoisotopic (exact) mass is 269 g/mol. The fraction of sp³-hybridized carbons (Fsp3) is 0.500. The van der Waals surface area contributed by atoms with Gasteiger partial charge >= 0.3 is 0 Å². The zero-order valence-corrected chi connectivity index (χ0v) is 11.5. The molecule has 0 unspecified atom stereocenters. The Morgan fingerprint density at radius 1 is 1.18 bits per heavy atom. The molecule has 1 saturated heterocycles. The Balaban J connectivity index is 0.00000108. The highest BCUT2D eigenvalue weighted by molar-refractivity contribution is 7.18. The molecule has 3 rings (SSSR count). The van der Waals surface area contributed by atoms with Crippen LogP contribution in [0.2, 0.25) is 0 Å². The van der Waals surface area contributed by atoms with Crippen molar-refractivity contribution in [2.24, 2.45) is 0 Å². The molecule has 1 aliphatic rings. The molecule has 3 nitrogen and oxygen atoms in total. The first-order valence-electron chi connectivity index (χ1n) is 5.81. The molecule has 0 amide bonds. The van der Waals surface area contributed by atoms with Crippen LogP contribution in [-0.2, 0) is 0 Å². The Morgan fingerprint density at radius 3 is 2.71 bits per heavy atom. The number of thiophene rings is 1. The summed E-state index contributed by atoms with van der Waals surface area (Å²) in [5, 5.41) is 1.23. The van der Waals surface area contributed by atoms with Crippen LogP contribution >= 0.6 is 23.7 Å². The highest BCUT2D eigenvalue weighted by Gasteiger charge is 2.16. The number of hydrogen-bond acceptors (Lipinski definition) is 4. The first kappa shape index (κ1) is 12.6. The molecule has 17 heavy (non-hydrogen) atoms. The van der Waals surface area contributed by atoms with E-state index in [2.05, 4.69) is 27.9 Å². The summed E-state index contributed by atoms with van der Waals surface area (Å²) < 4.78 is 0. The van der Waals surface area contributed by atoms with Crippen LogP contribution in [0.5, 0.6) is 0 Å². The third-order valence-electron chi connectivity index (χ3n) is 3.09. The molecule has 3 heterocycles. The Morgan fingerprint density at radius 2 is 1.94 bits per heavy atom. The van der Waals surface area contributed by atoms with E-state index in [1.807, 2.05) is 0 Å². The lowest BCUT2D eigenvalue weighted by Gasteiger charge is -2.27. The number of halogens is 1. The summed E-state index contributed by atoms with van der Waals surface area (Å²) >= 11 is 1.75. The lowest BCUT2D eigenvalue weighted by atomic mass is 10.1. The normalized spacial score (nSPS) is 15.9. The SMILES string of the molecule is Cc1cc2c(N3CCCCC3)ncnc2s1.Cl. The second-order valence-corrected chi connectivity index (χ2v) is 5.56. The van der Waals surface area contributed by atoms with E-state index in [0.717, 1.165) is 23.7 Å². The summed E-state index contributed by atoms with van der Waals surface area (Å²) in [6.45, 7) is 4.41. The Kier molecular flexibility index (Phi) is 3.84. The van der Waals surface area contributed by atoms with Crippen molar-refractivity contribution in [1.29, 1.82) is 0 Å². The maximum absolute atomic E-state index is 4.47. The van der Waals surface area contributed by atoms with Crippen molar-refractivity contribution in [3.05, 3.63) is 17.3 Å². The first-order valence-corrected chi connectivity index (χ1v) is 6.62. The smallest absolute Gasteiger partial charge is 0.140 e. The van der Waals surface area contributed by atoms with Gasteiger partial charge in [-0.1, -0.05) is 0 Å². The Hall–Kier alpha value is -0.870. The van der Waals surface area contributed by atoms with Crippen molar-refractivity contribution in [2.45, 2.75) is 26.2 Å². The van der Waals surface area contributed by atoms with E-state index in [9.17, 15) is 0 Å². The van der Waals surface area contributed by atoms with Gasteiger partial charge in [0.05, 0.1) is 5.39 Å². The van der Waals surface area contributed by atoms with Crippen molar-refractivity contribution in [3.63, 3.8) is 0 Å². The van der Waals surface area contributed by atoms with Crippen molar-refractivity contribution in [1.82, 2.24) is 9.97 Å².